The highest BCUT2D eigenvalue weighted by atomic mass is 127. The molecule has 2 rings (SSSR count). The standard InChI is InChI=1S/C13H8ClIN2O4/c14-10-5-7(15)1-4-11(10)16-12-6-8(17(20)21)2-3-9(12)13(18)19/h1-6,16H,(H,18,19). The number of nitro groups is 1. The lowest BCUT2D eigenvalue weighted by Crippen LogP contribution is -2.04. The highest BCUT2D eigenvalue weighted by Gasteiger charge is 2.16. The summed E-state index contributed by atoms with van der Waals surface area (Å²) in [4.78, 5) is 21.4. The predicted octanol–water partition coefficient (Wildman–Crippen LogP) is 4.29. The first-order valence-corrected chi connectivity index (χ1v) is 7.08. The summed E-state index contributed by atoms with van der Waals surface area (Å²) in [6, 6.07) is 8.65. The summed E-state index contributed by atoms with van der Waals surface area (Å²) in [5, 5.41) is 23.2. The van der Waals surface area contributed by atoms with Gasteiger partial charge < -0.3 is 10.4 Å². The van der Waals surface area contributed by atoms with Crippen molar-refractivity contribution in [2.45, 2.75) is 0 Å². The van der Waals surface area contributed by atoms with Crippen molar-refractivity contribution in [3.63, 3.8) is 0 Å². The SMILES string of the molecule is O=C(O)c1ccc([N+](=O)[O-])cc1Nc1ccc(I)cc1Cl. The molecule has 0 amide bonds. The molecule has 0 saturated carbocycles. The lowest BCUT2D eigenvalue weighted by molar-refractivity contribution is -0.384. The number of anilines is 2. The molecule has 0 aromatic heterocycles. The maximum atomic E-state index is 11.2. The van der Waals surface area contributed by atoms with Gasteiger partial charge in [0.2, 0.25) is 0 Å². The van der Waals surface area contributed by atoms with Gasteiger partial charge in [-0.1, -0.05) is 11.6 Å². The summed E-state index contributed by atoms with van der Waals surface area (Å²) in [5.41, 5.74) is 0.305. The number of carbonyl (C=O) groups is 1. The number of non-ortho nitro benzene ring substituents is 1. The predicted molar refractivity (Wildman–Crippen MR) is 87.5 cm³/mol. The molecule has 2 aromatic carbocycles. The van der Waals surface area contributed by atoms with Crippen molar-refractivity contribution in [1.29, 1.82) is 0 Å². The molecule has 6 nitrogen and oxygen atoms in total. The van der Waals surface area contributed by atoms with Gasteiger partial charge in [0.15, 0.2) is 0 Å². The molecule has 108 valence electrons. The molecule has 0 radical (unpaired) electrons. The molecule has 0 saturated heterocycles. The highest BCUT2D eigenvalue weighted by molar-refractivity contribution is 14.1. The van der Waals surface area contributed by atoms with E-state index in [-0.39, 0.29) is 16.9 Å². The second kappa shape index (κ2) is 6.27. The van der Waals surface area contributed by atoms with E-state index in [0.29, 0.717) is 10.7 Å². The maximum absolute atomic E-state index is 11.2. The van der Waals surface area contributed by atoms with Crippen molar-refractivity contribution in [2.24, 2.45) is 0 Å². The van der Waals surface area contributed by atoms with Gasteiger partial charge in [-0.3, -0.25) is 10.1 Å². The van der Waals surface area contributed by atoms with Crippen molar-refractivity contribution >= 4 is 57.2 Å². The minimum absolute atomic E-state index is 0.0739. The molecule has 0 aliphatic carbocycles. The number of halogens is 2. The quantitative estimate of drug-likeness (QED) is 0.439. The number of nitrogens with zero attached hydrogens (tertiary/aromatic N) is 1. The molecule has 0 heterocycles. The zero-order valence-corrected chi connectivity index (χ0v) is 13.3. The number of hydrogen-bond acceptors (Lipinski definition) is 4. The Balaban J connectivity index is 2.48. The fourth-order valence-corrected chi connectivity index (χ4v) is 2.57. The molecule has 0 aliphatic heterocycles. The van der Waals surface area contributed by atoms with Crippen LogP contribution in [0.3, 0.4) is 0 Å². The summed E-state index contributed by atoms with van der Waals surface area (Å²) in [7, 11) is 0. The van der Waals surface area contributed by atoms with E-state index in [1.807, 2.05) is 0 Å². The topological polar surface area (TPSA) is 92.5 Å². The summed E-state index contributed by atoms with van der Waals surface area (Å²) < 4.78 is 0.917. The Hall–Kier alpha value is -1.87. The van der Waals surface area contributed by atoms with E-state index in [1.54, 1.807) is 18.2 Å². The van der Waals surface area contributed by atoms with E-state index < -0.39 is 10.9 Å². The first-order valence-electron chi connectivity index (χ1n) is 5.62. The smallest absolute Gasteiger partial charge is 0.337 e. The van der Waals surface area contributed by atoms with Gasteiger partial charge in [-0.25, -0.2) is 4.79 Å². The van der Waals surface area contributed by atoms with Crippen molar-refractivity contribution in [3.8, 4) is 0 Å². The molecule has 0 spiro atoms. The Morgan fingerprint density at radius 3 is 2.52 bits per heavy atom. The zero-order chi connectivity index (χ0) is 15.6. The Morgan fingerprint density at radius 2 is 1.95 bits per heavy atom. The van der Waals surface area contributed by atoms with Gasteiger partial charge in [-0.15, -0.1) is 0 Å². The first-order chi connectivity index (χ1) is 9.88. The van der Waals surface area contributed by atoms with E-state index in [0.717, 1.165) is 15.7 Å². The van der Waals surface area contributed by atoms with Crippen LogP contribution in [0, 0.1) is 13.7 Å². The molecule has 0 unspecified atom stereocenters. The van der Waals surface area contributed by atoms with Crippen molar-refractivity contribution in [1.82, 2.24) is 0 Å². The van der Waals surface area contributed by atoms with Crippen LogP contribution in [0.15, 0.2) is 36.4 Å². The van der Waals surface area contributed by atoms with E-state index in [2.05, 4.69) is 27.9 Å². The number of carboxylic acids is 1. The average molecular weight is 419 g/mol. The summed E-state index contributed by atoms with van der Waals surface area (Å²) in [6.07, 6.45) is 0. The number of hydrogen-bond donors (Lipinski definition) is 2. The van der Waals surface area contributed by atoms with Crippen LogP contribution in [0.25, 0.3) is 0 Å². The van der Waals surface area contributed by atoms with Gasteiger partial charge in [0, 0.05) is 15.7 Å². The van der Waals surface area contributed by atoms with Crippen molar-refractivity contribution in [3.05, 3.63) is 60.7 Å². The molecule has 0 fully saturated rings. The third kappa shape index (κ3) is 3.61. The minimum Gasteiger partial charge on any atom is -0.478 e. The molecule has 0 atom stereocenters. The van der Waals surface area contributed by atoms with Crippen LogP contribution in [-0.2, 0) is 0 Å². The molecule has 8 heteroatoms. The number of carboxylic acid groups (broad SMARTS) is 1. The highest BCUT2D eigenvalue weighted by Crippen LogP contribution is 2.30. The van der Waals surface area contributed by atoms with Crippen LogP contribution in [0.5, 0.6) is 0 Å². The van der Waals surface area contributed by atoms with Crippen LogP contribution in [0.2, 0.25) is 5.02 Å². The van der Waals surface area contributed by atoms with Crippen LogP contribution in [-0.4, -0.2) is 16.0 Å². The van der Waals surface area contributed by atoms with Gasteiger partial charge in [-0.2, -0.15) is 0 Å². The van der Waals surface area contributed by atoms with Gasteiger partial charge in [0.05, 0.1) is 26.9 Å². The van der Waals surface area contributed by atoms with Crippen LogP contribution < -0.4 is 5.32 Å². The van der Waals surface area contributed by atoms with Crippen LogP contribution >= 0.6 is 34.2 Å². The Kier molecular flexibility index (Phi) is 4.63. The van der Waals surface area contributed by atoms with Crippen LogP contribution in [0.1, 0.15) is 10.4 Å². The second-order valence-corrected chi connectivity index (χ2v) is 5.69. The van der Waals surface area contributed by atoms with E-state index in [4.69, 9.17) is 16.7 Å². The largest absolute Gasteiger partial charge is 0.478 e. The monoisotopic (exact) mass is 418 g/mol. The lowest BCUT2D eigenvalue weighted by Gasteiger charge is -2.11. The van der Waals surface area contributed by atoms with E-state index >= 15 is 0 Å². The zero-order valence-electron chi connectivity index (χ0n) is 10.3. The molecule has 2 N–H and O–H groups in total. The van der Waals surface area contributed by atoms with E-state index in [1.165, 1.54) is 6.07 Å². The van der Waals surface area contributed by atoms with Gasteiger partial charge in [0.25, 0.3) is 5.69 Å². The Bertz CT molecular complexity index is 736. The first kappa shape index (κ1) is 15.5. The third-order valence-electron chi connectivity index (χ3n) is 2.64. The Labute approximate surface area is 138 Å². The summed E-state index contributed by atoms with van der Waals surface area (Å²) in [5.74, 6) is -1.19. The van der Waals surface area contributed by atoms with Crippen molar-refractivity contribution in [2.75, 3.05) is 5.32 Å². The molecular weight excluding hydrogens is 411 g/mol. The fourth-order valence-electron chi connectivity index (χ4n) is 1.67. The number of nitro benzene ring substituents is 1. The number of rotatable bonds is 4. The van der Waals surface area contributed by atoms with Crippen molar-refractivity contribution < 1.29 is 14.8 Å². The second-order valence-electron chi connectivity index (χ2n) is 4.04. The molecule has 2 aromatic rings. The molecule has 0 bridgehead atoms. The average Bonchev–Trinajstić information content (AvgIpc) is 2.41. The summed E-state index contributed by atoms with van der Waals surface area (Å²) >= 11 is 8.15. The molecule has 21 heavy (non-hydrogen) atoms. The normalized spacial score (nSPS) is 10.2. The number of aromatic carboxylic acids is 1. The Morgan fingerprint density at radius 1 is 1.24 bits per heavy atom. The maximum Gasteiger partial charge on any atom is 0.337 e. The van der Waals surface area contributed by atoms with Crippen LogP contribution in [0.4, 0.5) is 17.1 Å². The summed E-state index contributed by atoms with van der Waals surface area (Å²) in [6.45, 7) is 0. The number of nitrogens with one attached hydrogen (secondary N) is 1. The number of benzene rings is 2. The van der Waals surface area contributed by atoms with Gasteiger partial charge >= 0.3 is 5.97 Å². The lowest BCUT2D eigenvalue weighted by atomic mass is 10.1. The van der Waals surface area contributed by atoms with E-state index in [9.17, 15) is 14.9 Å². The third-order valence-corrected chi connectivity index (χ3v) is 3.63. The molecular formula is C13H8ClIN2O4. The minimum atomic E-state index is -1.19. The molecule has 0 aliphatic rings. The van der Waals surface area contributed by atoms with Gasteiger partial charge in [0.1, 0.15) is 0 Å². The van der Waals surface area contributed by atoms with Gasteiger partial charge in [-0.05, 0) is 46.9 Å². The fraction of sp³-hybridized carbons (Fsp3) is 0.